The van der Waals surface area contributed by atoms with Crippen molar-refractivity contribution in [2.24, 2.45) is 11.8 Å². The number of carboxylic acid groups (broad SMARTS) is 1. The van der Waals surface area contributed by atoms with Gasteiger partial charge in [-0.3, -0.25) is 4.79 Å². The smallest absolute Gasteiger partial charge is 0.303 e. The van der Waals surface area contributed by atoms with E-state index in [1.165, 1.54) is 37.2 Å². The first kappa shape index (κ1) is 19.6. The molecule has 1 N–H and O–H groups in total. The molecular formula is C20H32O3S. The van der Waals surface area contributed by atoms with Gasteiger partial charge in [-0.2, -0.15) is 11.8 Å². The minimum absolute atomic E-state index is 0.271. The number of allylic oxidation sites excluding steroid dienone is 3. The Kier molecular flexibility index (Phi) is 8.97. The summed E-state index contributed by atoms with van der Waals surface area (Å²) in [5, 5.41) is 8.65. The van der Waals surface area contributed by atoms with Gasteiger partial charge in [-0.05, 0) is 74.7 Å². The lowest BCUT2D eigenvalue weighted by Crippen LogP contribution is -2.27. The third-order valence-corrected chi connectivity index (χ3v) is 6.32. The minimum Gasteiger partial charge on any atom is -0.481 e. The average molecular weight is 353 g/mol. The number of carbonyl (C=O) groups is 1. The molecule has 136 valence electrons. The summed E-state index contributed by atoms with van der Waals surface area (Å²) in [4.78, 5) is 10.5. The van der Waals surface area contributed by atoms with E-state index in [1.807, 2.05) is 6.08 Å². The molecule has 0 aliphatic carbocycles. The molecule has 0 aromatic rings. The third-order valence-electron chi connectivity index (χ3n) is 5.22. The highest BCUT2D eigenvalue weighted by atomic mass is 32.2. The van der Waals surface area contributed by atoms with Gasteiger partial charge in [-0.25, -0.2) is 0 Å². The van der Waals surface area contributed by atoms with Gasteiger partial charge < -0.3 is 9.84 Å². The van der Waals surface area contributed by atoms with E-state index in [-0.39, 0.29) is 6.42 Å². The Morgan fingerprint density at radius 2 is 1.92 bits per heavy atom. The second-order valence-electron chi connectivity index (χ2n) is 6.94. The predicted molar refractivity (Wildman–Crippen MR) is 101 cm³/mol. The summed E-state index contributed by atoms with van der Waals surface area (Å²) in [6, 6.07) is 0. The topological polar surface area (TPSA) is 46.5 Å². The fraction of sp³-hybridized carbons (Fsp3) is 0.750. The Balaban J connectivity index is 1.66. The molecule has 4 atom stereocenters. The lowest BCUT2D eigenvalue weighted by Gasteiger charge is -2.27. The van der Waals surface area contributed by atoms with Crippen molar-refractivity contribution in [2.45, 2.75) is 70.0 Å². The molecule has 2 heterocycles. The number of unbranched alkanes of at least 4 members (excludes halogenated alkanes) is 2. The van der Waals surface area contributed by atoms with Gasteiger partial charge in [0.15, 0.2) is 0 Å². The summed E-state index contributed by atoms with van der Waals surface area (Å²) in [6.07, 6.45) is 16.5. The molecule has 0 amide bonds. The van der Waals surface area contributed by atoms with Crippen LogP contribution in [-0.4, -0.2) is 34.8 Å². The van der Waals surface area contributed by atoms with Crippen molar-refractivity contribution in [2.75, 3.05) is 11.5 Å². The fourth-order valence-electron chi connectivity index (χ4n) is 3.99. The Labute approximate surface area is 150 Å². The number of ether oxygens (including phenoxy) is 1. The van der Waals surface area contributed by atoms with Crippen molar-refractivity contribution in [3.8, 4) is 0 Å². The van der Waals surface area contributed by atoms with E-state index in [0.717, 1.165) is 31.6 Å². The monoisotopic (exact) mass is 352 g/mol. The number of aliphatic carboxylic acids is 1. The number of hydrogen-bond donors (Lipinski definition) is 1. The van der Waals surface area contributed by atoms with E-state index < -0.39 is 5.97 Å². The Morgan fingerprint density at radius 1 is 1.12 bits per heavy atom. The molecule has 24 heavy (non-hydrogen) atoms. The highest BCUT2D eigenvalue weighted by Crippen LogP contribution is 2.47. The van der Waals surface area contributed by atoms with Crippen molar-refractivity contribution >= 4 is 17.7 Å². The van der Waals surface area contributed by atoms with Crippen LogP contribution in [0.2, 0.25) is 0 Å². The van der Waals surface area contributed by atoms with Crippen LogP contribution < -0.4 is 0 Å². The maximum atomic E-state index is 10.5. The van der Waals surface area contributed by atoms with Crippen molar-refractivity contribution < 1.29 is 14.6 Å². The maximum Gasteiger partial charge on any atom is 0.303 e. The molecule has 1 unspecified atom stereocenters. The fourth-order valence-corrected chi connectivity index (χ4v) is 5.00. The van der Waals surface area contributed by atoms with Crippen molar-refractivity contribution in [3.63, 3.8) is 0 Å². The summed E-state index contributed by atoms with van der Waals surface area (Å²) in [5.41, 5.74) is 0. The van der Waals surface area contributed by atoms with Gasteiger partial charge in [-0.1, -0.05) is 18.2 Å². The zero-order chi connectivity index (χ0) is 17.2. The third kappa shape index (κ3) is 6.29. The lowest BCUT2D eigenvalue weighted by molar-refractivity contribution is -0.137. The number of thioether (sulfide) groups is 1. The van der Waals surface area contributed by atoms with Crippen LogP contribution in [0.5, 0.6) is 0 Å². The normalized spacial score (nSPS) is 28.7. The maximum absolute atomic E-state index is 10.5. The zero-order valence-electron chi connectivity index (χ0n) is 14.7. The van der Waals surface area contributed by atoms with Crippen LogP contribution in [-0.2, 0) is 9.53 Å². The summed E-state index contributed by atoms with van der Waals surface area (Å²) in [7, 11) is 0. The SMILES string of the molecule is C=CCCCSCC[C@H]1[C@@H]2CCC(O2)[C@@H]1C/C=C\CCCC(=O)O. The largest absolute Gasteiger partial charge is 0.481 e. The number of hydrogen-bond acceptors (Lipinski definition) is 3. The summed E-state index contributed by atoms with van der Waals surface area (Å²) in [5.74, 6) is 3.18. The molecule has 0 saturated carbocycles. The van der Waals surface area contributed by atoms with Crippen LogP contribution in [0.1, 0.15) is 57.8 Å². The summed E-state index contributed by atoms with van der Waals surface area (Å²) in [6.45, 7) is 3.77. The first-order valence-corrected chi connectivity index (χ1v) is 10.6. The molecule has 0 aromatic heterocycles. The number of carboxylic acids is 1. The molecule has 4 heteroatoms. The first-order valence-electron chi connectivity index (χ1n) is 9.43. The lowest BCUT2D eigenvalue weighted by atomic mass is 9.76. The van der Waals surface area contributed by atoms with E-state index >= 15 is 0 Å². The quantitative estimate of drug-likeness (QED) is 0.371. The molecule has 0 aromatic carbocycles. The van der Waals surface area contributed by atoms with Crippen LogP contribution >= 0.6 is 11.8 Å². The molecule has 0 spiro atoms. The summed E-state index contributed by atoms with van der Waals surface area (Å²) < 4.78 is 6.17. The molecule has 2 rings (SSSR count). The molecule has 2 bridgehead atoms. The van der Waals surface area contributed by atoms with Crippen LogP contribution in [0, 0.1) is 11.8 Å². The number of rotatable bonds is 13. The van der Waals surface area contributed by atoms with Crippen molar-refractivity contribution in [3.05, 3.63) is 24.8 Å². The van der Waals surface area contributed by atoms with Crippen LogP contribution in [0.4, 0.5) is 0 Å². The van der Waals surface area contributed by atoms with Gasteiger partial charge in [0.05, 0.1) is 12.2 Å². The van der Waals surface area contributed by atoms with E-state index in [1.54, 1.807) is 0 Å². The van der Waals surface area contributed by atoms with Gasteiger partial charge in [0, 0.05) is 6.42 Å². The highest BCUT2D eigenvalue weighted by Gasteiger charge is 2.47. The molecular weight excluding hydrogens is 320 g/mol. The van der Waals surface area contributed by atoms with Crippen LogP contribution in [0.3, 0.4) is 0 Å². The molecule has 2 aliphatic heterocycles. The molecule has 2 aliphatic rings. The average Bonchev–Trinajstić information content (AvgIpc) is 3.15. The summed E-state index contributed by atoms with van der Waals surface area (Å²) >= 11 is 2.07. The Bertz CT molecular complexity index is 421. The number of fused-ring (bicyclic) bond motifs is 2. The van der Waals surface area contributed by atoms with Crippen LogP contribution in [0.25, 0.3) is 0 Å². The highest BCUT2D eigenvalue weighted by molar-refractivity contribution is 7.99. The minimum atomic E-state index is -0.699. The standard InChI is InChI=1S/C20H32O3S/c1-2-3-8-14-24-15-13-17-16(18-11-12-19(17)23-18)9-6-4-5-7-10-20(21)22/h2,4,6,16-19H,1,3,5,7-15H2,(H,21,22)/b6-4-/t16-,17-,18?,19+/m1/s1. The van der Waals surface area contributed by atoms with Crippen molar-refractivity contribution in [1.29, 1.82) is 0 Å². The van der Waals surface area contributed by atoms with E-state index in [0.29, 0.717) is 18.1 Å². The first-order chi connectivity index (χ1) is 11.7. The van der Waals surface area contributed by atoms with Gasteiger partial charge in [0.1, 0.15) is 0 Å². The zero-order valence-corrected chi connectivity index (χ0v) is 15.5. The molecule has 3 nitrogen and oxygen atoms in total. The Hall–Kier alpha value is -0.740. The van der Waals surface area contributed by atoms with Crippen LogP contribution in [0.15, 0.2) is 24.8 Å². The second kappa shape index (κ2) is 11.0. The van der Waals surface area contributed by atoms with E-state index in [9.17, 15) is 4.79 Å². The predicted octanol–water partition coefficient (Wildman–Crippen LogP) is 5.07. The molecule has 2 fully saturated rings. The van der Waals surface area contributed by atoms with Gasteiger partial charge in [0.2, 0.25) is 0 Å². The van der Waals surface area contributed by atoms with Gasteiger partial charge >= 0.3 is 5.97 Å². The van der Waals surface area contributed by atoms with Gasteiger partial charge in [-0.15, -0.1) is 6.58 Å². The molecule has 2 saturated heterocycles. The second-order valence-corrected chi connectivity index (χ2v) is 8.17. The Morgan fingerprint density at radius 3 is 2.67 bits per heavy atom. The van der Waals surface area contributed by atoms with Crippen molar-refractivity contribution in [1.82, 2.24) is 0 Å². The van der Waals surface area contributed by atoms with E-state index in [2.05, 4.69) is 30.5 Å². The van der Waals surface area contributed by atoms with Gasteiger partial charge in [0.25, 0.3) is 0 Å². The molecule has 0 radical (unpaired) electrons. The van der Waals surface area contributed by atoms with E-state index in [4.69, 9.17) is 9.84 Å².